The molecule has 0 spiro atoms. The van der Waals surface area contributed by atoms with Crippen LogP contribution in [0.25, 0.3) is 0 Å². The molecular formula is C18H20N4O2. The molecule has 24 heavy (non-hydrogen) atoms. The predicted octanol–water partition coefficient (Wildman–Crippen LogP) is 1.83. The highest BCUT2D eigenvalue weighted by Crippen LogP contribution is 2.32. The van der Waals surface area contributed by atoms with Gasteiger partial charge in [-0.3, -0.25) is 0 Å². The lowest BCUT2D eigenvalue weighted by molar-refractivity contribution is 0.0409. The molecule has 0 aliphatic carbocycles. The van der Waals surface area contributed by atoms with Crippen LogP contribution in [0.1, 0.15) is 19.4 Å². The molecule has 3 rings (SSSR count). The van der Waals surface area contributed by atoms with Gasteiger partial charge in [-0.15, -0.1) is 0 Å². The van der Waals surface area contributed by atoms with Gasteiger partial charge in [-0.25, -0.2) is 5.01 Å². The second kappa shape index (κ2) is 6.11. The van der Waals surface area contributed by atoms with Gasteiger partial charge in [-0.1, -0.05) is 12.1 Å². The molecule has 0 atom stereocenters. The van der Waals surface area contributed by atoms with E-state index in [0.29, 0.717) is 30.1 Å². The maximum absolute atomic E-state index is 9.57. The summed E-state index contributed by atoms with van der Waals surface area (Å²) in [5.74, 6) is 0.306. The zero-order valence-electron chi connectivity index (χ0n) is 13.8. The van der Waals surface area contributed by atoms with E-state index in [1.807, 2.05) is 44.2 Å². The van der Waals surface area contributed by atoms with Crippen molar-refractivity contribution in [1.82, 2.24) is 0 Å². The summed E-state index contributed by atoms with van der Waals surface area (Å²) in [5, 5.41) is 24.7. The largest absolute Gasteiger partial charge is 0.396 e. The summed E-state index contributed by atoms with van der Waals surface area (Å²) in [5.41, 5.74) is 9.40. The summed E-state index contributed by atoms with van der Waals surface area (Å²) in [4.78, 5) is 0. The molecule has 0 aromatic heterocycles. The summed E-state index contributed by atoms with van der Waals surface area (Å²) in [7, 11) is 0. The number of aliphatic hydroxyl groups is 1. The Balaban J connectivity index is 2.02. The molecule has 0 radical (unpaired) electrons. The quantitative estimate of drug-likeness (QED) is 0.884. The standard InChI is InChI=1S/C18H20N4O2/c1-18(2)9-14-15(10-19)17(20)22(21-16(14)11-24-18)13-5-3-12(4-6-13)7-8-23/h3-6,9,23H,7-8,11,20H2,1-2H3. The summed E-state index contributed by atoms with van der Waals surface area (Å²) in [6, 6.07) is 9.77. The fourth-order valence-corrected chi connectivity index (χ4v) is 2.77. The van der Waals surface area contributed by atoms with Crippen LogP contribution in [0, 0.1) is 11.3 Å². The number of hydrogen-bond donors (Lipinski definition) is 2. The van der Waals surface area contributed by atoms with E-state index in [1.165, 1.54) is 0 Å². The molecule has 2 heterocycles. The third kappa shape index (κ3) is 2.92. The van der Waals surface area contributed by atoms with E-state index < -0.39 is 5.60 Å². The van der Waals surface area contributed by atoms with Crippen molar-refractivity contribution in [3.8, 4) is 6.07 Å². The van der Waals surface area contributed by atoms with Crippen LogP contribution < -0.4 is 10.7 Å². The number of nitrogens with zero attached hydrogens (tertiary/aromatic N) is 3. The van der Waals surface area contributed by atoms with Crippen molar-refractivity contribution in [2.75, 3.05) is 18.2 Å². The van der Waals surface area contributed by atoms with Gasteiger partial charge in [0, 0.05) is 12.2 Å². The van der Waals surface area contributed by atoms with Crippen LogP contribution in [-0.2, 0) is 11.2 Å². The zero-order valence-corrected chi connectivity index (χ0v) is 13.8. The Labute approximate surface area is 141 Å². The van der Waals surface area contributed by atoms with Gasteiger partial charge in [0.05, 0.1) is 23.6 Å². The third-order valence-electron chi connectivity index (χ3n) is 4.05. The minimum atomic E-state index is -0.454. The molecule has 2 aliphatic heterocycles. The molecule has 0 bridgehead atoms. The summed E-state index contributed by atoms with van der Waals surface area (Å²) in [6.07, 6.45) is 2.49. The fourth-order valence-electron chi connectivity index (χ4n) is 2.77. The van der Waals surface area contributed by atoms with Crippen molar-refractivity contribution >= 4 is 11.4 Å². The number of aliphatic hydroxyl groups excluding tert-OH is 1. The summed E-state index contributed by atoms with van der Waals surface area (Å²) >= 11 is 0. The topological polar surface area (TPSA) is 94.9 Å². The number of ether oxygens (including phenoxy) is 1. The molecule has 6 heteroatoms. The first-order valence-corrected chi connectivity index (χ1v) is 7.80. The van der Waals surface area contributed by atoms with Crippen molar-refractivity contribution in [2.24, 2.45) is 10.8 Å². The minimum absolute atomic E-state index is 0.104. The minimum Gasteiger partial charge on any atom is -0.396 e. The number of fused-ring (bicyclic) bond motifs is 1. The molecule has 0 fully saturated rings. The predicted molar refractivity (Wildman–Crippen MR) is 92.1 cm³/mol. The normalized spacial score (nSPS) is 19.3. The molecule has 0 unspecified atom stereocenters. The molecule has 3 N–H and O–H groups in total. The Hall–Kier alpha value is -2.62. The average Bonchev–Trinajstić information content (AvgIpc) is 2.55. The van der Waals surface area contributed by atoms with Gasteiger partial charge in [0.1, 0.15) is 17.5 Å². The van der Waals surface area contributed by atoms with E-state index in [-0.39, 0.29) is 6.61 Å². The Morgan fingerprint density at radius 3 is 2.71 bits per heavy atom. The van der Waals surface area contributed by atoms with Gasteiger partial charge in [0.15, 0.2) is 0 Å². The maximum atomic E-state index is 9.57. The SMILES string of the molecule is CC1(C)C=C2C(=NN(c3ccc(CCO)cc3)C(N)=C2C#N)CO1. The molecule has 1 aromatic carbocycles. The molecule has 2 aliphatic rings. The van der Waals surface area contributed by atoms with E-state index in [4.69, 9.17) is 15.6 Å². The third-order valence-corrected chi connectivity index (χ3v) is 4.05. The van der Waals surface area contributed by atoms with Crippen molar-refractivity contribution in [3.05, 3.63) is 52.9 Å². The average molecular weight is 324 g/mol. The summed E-state index contributed by atoms with van der Waals surface area (Å²) in [6.45, 7) is 4.31. The van der Waals surface area contributed by atoms with Gasteiger partial charge in [-0.2, -0.15) is 10.4 Å². The van der Waals surface area contributed by atoms with Crippen LogP contribution in [-0.4, -0.2) is 29.6 Å². The van der Waals surface area contributed by atoms with Crippen LogP contribution >= 0.6 is 0 Å². The van der Waals surface area contributed by atoms with Crippen molar-refractivity contribution in [2.45, 2.75) is 25.9 Å². The number of nitriles is 1. The second-order valence-electron chi connectivity index (χ2n) is 6.32. The maximum Gasteiger partial charge on any atom is 0.144 e. The Bertz CT molecular complexity index is 782. The highest BCUT2D eigenvalue weighted by atomic mass is 16.5. The van der Waals surface area contributed by atoms with Gasteiger partial charge < -0.3 is 15.6 Å². The van der Waals surface area contributed by atoms with E-state index in [9.17, 15) is 5.26 Å². The van der Waals surface area contributed by atoms with E-state index in [2.05, 4.69) is 11.2 Å². The first kappa shape index (κ1) is 16.2. The number of anilines is 1. The lowest BCUT2D eigenvalue weighted by atomic mass is 9.92. The van der Waals surface area contributed by atoms with Gasteiger partial charge in [0.2, 0.25) is 0 Å². The molecule has 0 saturated heterocycles. The van der Waals surface area contributed by atoms with E-state index >= 15 is 0 Å². The summed E-state index contributed by atoms with van der Waals surface area (Å²) < 4.78 is 5.76. The zero-order chi connectivity index (χ0) is 17.3. The lowest BCUT2D eigenvalue weighted by Crippen LogP contribution is -2.39. The Kier molecular flexibility index (Phi) is 4.14. The first-order valence-electron chi connectivity index (χ1n) is 7.80. The Morgan fingerprint density at radius 2 is 2.08 bits per heavy atom. The van der Waals surface area contributed by atoms with Crippen molar-refractivity contribution < 1.29 is 9.84 Å². The number of rotatable bonds is 3. The second-order valence-corrected chi connectivity index (χ2v) is 6.32. The molecule has 6 nitrogen and oxygen atoms in total. The molecule has 1 aromatic rings. The highest BCUT2D eigenvalue weighted by molar-refractivity contribution is 6.08. The lowest BCUT2D eigenvalue weighted by Gasteiger charge is -2.34. The highest BCUT2D eigenvalue weighted by Gasteiger charge is 2.33. The monoisotopic (exact) mass is 324 g/mol. The first-order chi connectivity index (χ1) is 11.4. The number of benzene rings is 1. The number of allylic oxidation sites excluding steroid dienone is 1. The molecule has 0 saturated carbocycles. The number of nitrogens with two attached hydrogens (primary N) is 1. The molecule has 0 amide bonds. The fraction of sp³-hybridized carbons (Fsp3) is 0.333. The van der Waals surface area contributed by atoms with Crippen molar-refractivity contribution in [3.63, 3.8) is 0 Å². The van der Waals surface area contributed by atoms with E-state index in [1.54, 1.807) is 5.01 Å². The van der Waals surface area contributed by atoms with Crippen LogP contribution in [0.15, 0.2) is 52.4 Å². The molecule has 124 valence electrons. The van der Waals surface area contributed by atoms with Gasteiger partial charge >= 0.3 is 0 Å². The van der Waals surface area contributed by atoms with Gasteiger partial charge in [-0.05, 0) is 44.0 Å². The smallest absolute Gasteiger partial charge is 0.144 e. The number of hydrogen-bond acceptors (Lipinski definition) is 6. The van der Waals surface area contributed by atoms with Crippen LogP contribution in [0.4, 0.5) is 5.69 Å². The van der Waals surface area contributed by atoms with Crippen LogP contribution in [0.2, 0.25) is 0 Å². The van der Waals surface area contributed by atoms with E-state index in [0.717, 1.165) is 16.8 Å². The van der Waals surface area contributed by atoms with Gasteiger partial charge in [0.25, 0.3) is 0 Å². The van der Waals surface area contributed by atoms with Crippen LogP contribution in [0.5, 0.6) is 0 Å². The van der Waals surface area contributed by atoms with Crippen LogP contribution in [0.3, 0.4) is 0 Å². The van der Waals surface area contributed by atoms with Crippen molar-refractivity contribution in [1.29, 1.82) is 5.26 Å². The molecular weight excluding hydrogens is 304 g/mol. The number of hydrazone groups is 1. The Morgan fingerprint density at radius 1 is 1.38 bits per heavy atom.